The number of benzene rings is 2. The molecule has 0 spiro atoms. The number of nitrogens with zero attached hydrogens (tertiary/aromatic N) is 4. The van der Waals surface area contributed by atoms with Gasteiger partial charge in [-0.05, 0) is 11.6 Å². The average molecular weight is 408 g/mol. The van der Waals surface area contributed by atoms with Crippen LogP contribution in [0.3, 0.4) is 0 Å². The molecule has 2 aromatic heterocycles. The van der Waals surface area contributed by atoms with Crippen LogP contribution in [0.15, 0.2) is 58.5 Å². The van der Waals surface area contributed by atoms with Crippen LogP contribution >= 0.6 is 23.1 Å². The van der Waals surface area contributed by atoms with Gasteiger partial charge in [0.1, 0.15) is 4.70 Å². The fourth-order valence-corrected chi connectivity index (χ4v) is 4.64. The highest BCUT2D eigenvalue weighted by Crippen LogP contribution is 2.34. The van der Waals surface area contributed by atoms with Crippen LogP contribution in [-0.4, -0.2) is 20.2 Å². The molecule has 0 saturated carbocycles. The second-order valence-electron chi connectivity index (χ2n) is 5.94. The van der Waals surface area contributed by atoms with E-state index in [-0.39, 0.29) is 17.0 Å². The lowest BCUT2D eigenvalue weighted by Gasteiger charge is -2.11. The first-order chi connectivity index (χ1) is 13.6. The summed E-state index contributed by atoms with van der Waals surface area (Å²) in [5.41, 5.74) is 1.13. The molecule has 138 valence electrons. The number of nitro benzene ring substituents is 1. The average Bonchev–Trinajstić information content (AvgIpc) is 3.07. The molecule has 0 amide bonds. The van der Waals surface area contributed by atoms with Gasteiger partial charge in [-0.3, -0.25) is 19.5 Å². The van der Waals surface area contributed by atoms with Crippen molar-refractivity contribution in [3.8, 4) is 6.07 Å². The number of aromatic nitrogens is 2. The van der Waals surface area contributed by atoms with Crippen molar-refractivity contribution in [2.45, 2.75) is 11.7 Å². The van der Waals surface area contributed by atoms with Gasteiger partial charge in [-0.15, -0.1) is 11.3 Å². The summed E-state index contributed by atoms with van der Waals surface area (Å²) < 4.78 is 2.77. The van der Waals surface area contributed by atoms with Crippen molar-refractivity contribution >= 4 is 49.1 Å². The Morgan fingerprint density at radius 2 is 2.04 bits per heavy atom. The molecule has 0 aliphatic rings. The highest BCUT2D eigenvalue weighted by Gasteiger charge is 2.18. The SMILES string of the molecule is N#CCSc1nc2c(sc3ccc([N+](=O)[O-])cc32)c(=O)n1Cc1ccccc1. The monoisotopic (exact) mass is 408 g/mol. The number of nitro groups is 1. The molecule has 4 rings (SSSR count). The first-order valence-corrected chi connectivity index (χ1v) is 10.0. The summed E-state index contributed by atoms with van der Waals surface area (Å²) in [7, 11) is 0. The first-order valence-electron chi connectivity index (χ1n) is 8.23. The normalized spacial score (nSPS) is 11.0. The van der Waals surface area contributed by atoms with Gasteiger partial charge in [0.2, 0.25) is 0 Å². The number of nitriles is 1. The fourth-order valence-electron chi connectivity index (χ4n) is 2.92. The van der Waals surface area contributed by atoms with Crippen molar-refractivity contribution in [1.29, 1.82) is 5.26 Å². The zero-order chi connectivity index (χ0) is 19.7. The summed E-state index contributed by atoms with van der Waals surface area (Å²) in [6, 6.07) is 16.1. The number of hydrogen-bond acceptors (Lipinski definition) is 7. The summed E-state index contributed by atoms with van der Waals surface area (Å²) in [6.07, 6.45) is 0. The van der Waals surface area contributed by atoms with Gasteiger partial charge >= 0.3 is 0 Å². The van der Waals surface area contributed by atoms with Crippen molar-refractivity contribution in [3.05, 3.63) is 74.6 Å². The second kappa shape index (κ2) is 7.42. The lowest BCUT2D eigenvalue weighted by atomic mass is 10.2. The molecule has 0 saturated heterocycles. The minimum absolute atomic E-state index is 0.0475. The lowest BCUT2D eigenvalue weighted by Crippen LogP contribution is -2.23. The third-order valence-corrected chi connectivity index (χ3v) is 6.17. The van der Waals surface area contributed by atoms with Gasteiger partial charge in [0.15, 0.2) is 5.16 Å². The Balaban J connectivity index is 1.96. The molecule has 0 aliphatic heterocycles. The van der Waals surface area contributed by atoms with Crippen molar-refractivity contribution in [2.24, 2.45) is 0 Å². The van der Waals surface area contributed by atoms with E-state index in [9.17, 15) is 14.9 Å². The van der Waals surface area contributed by atoms with Crippen LogP contribution in [0.25, 0.3) is 20.3 Å². The molecule has 7 nitrogen and oxygen atoms in total. The third kappa shape index (κ3) is 3.24. The molecular formula is C19H12N4O3S2. The van der Waals surface area contributed by atoms with E-state index < -0.39 is 4.92 Å². The van der Waals surface area contributed by atoms with E-state index in [4.69, 9.17) is 5.26 Å². The summed E-state index contributed by atoms with van der Waals surface area (Å²) in [5, 5.41) is 21.1. The zero-order valence-electron chi connectivity index (χ0n) is 14.4. The predicted molar refractivity (Wildman–Crippen MR) is 110 cm³/mol. The Bertz CT molecular complexity index is 1310. The largest absolute Gasteiger partial charge is 0.282 e. The molecule has 0 bridgehead atoms. The highest BCUT2D eigenvalue weighted by molar-refractivity contribution is 7.99. The predicted octanol–water partition coefficient (Wildman–Crippen LogP) is 4.18. The van der Waals surface area contributed by atoms with Gasteiger partial charge < -0.3 is 0 Å². The highest BCUT2D eigenvalue weighted by atomic mass is 32.2. The molecule has 0 unspecified atom stereocenters. The zero-order valence-corrected chi connectivity index (χ0v) is 16.0. The summed E-state index contributed by atoms with van der Waals surface area (Å²) in [6.45, 7) is 0.338. The maximum absolute atomic E-state index is 13.2. The first kappa shape index (κ1) is 18.2. The molecule has 2 aromatic carbocycles. The number of hydrogen-bond donors (Lipinski definition) is 0. The number of thioether (sulfide) groups is 1. The van der Waals surface area contributed by atoms with E-state index in [1.807, 2.05) is 30.3 Å². The summed E-state index contributed by atoms with van der Waals surface area (Å²) >= 11 is 2.45. The summed E-state index contributed by atoms with van der Waals surface area (Å²) in [4.78, 5) is 28.5. The Morgan fingerprint density at radius 3 is 2.75 bits per heavy atom. The molecule has 9 heteroatoms. The number of rotatable bonds is 5. The van der Waals surface area contributed by atoms with Gasteiger partial charge in [-0.25, -0.2) is 4.98 Å². The van der Waals surface area contributed by atoms with Gasteiger partial charge in [0.25, 0.3) is 11.2 Å². The quantitative estimate of drug-likeness (QED) is 0.212. The molecule has 0 radical (unpaired) electrons. The van der Waals surface area contributed by atoms with Crippen molar-refractivity contribution < 1.29 is 4.92 Å². The van der Waals surface area contributed by atoms with E-state index in [1.165, 1.54) is 35.2 Å². The Kier molecular flexibility index (Phi) is 4.81. The maximum atomic E-state index is 13.2. The van der Waals surface area contributed by atoms with Crippen LogP contribution in [0.4, 0.5) is 5.69 Å². The number of fused-ring (bicyclic) bond motifs is 3. The second-order valence-corrected chi connectivity index (χ2v) is 7.93. The van der Waals surface area contributed by atoms with E-state index in [0.29, 0.717) is 27.3 Å². The minimum Gasteiger partial charge on any atom is -0.282 e. The lowest BCUT2D eigenvalue weighted by molar-refractivity contribution is -0.384. The minimum atomic E-state index is -0.467. The molecular weight excluding hydrogens is 396 g/mol. The van der Waals surface area contributed by atoms with Gasteiger partial charge in [0, 0.05) is 22.2 Å². The van der Waals surface area contributed by atoms with Crippen LogP contribution in [0.5, 0.6) is 0 Å². The topological polar surface area (TPSA) is 102 Å². The van der Waals surface area contributed by atoms with Crippen molar-refractivity contribution in [2.75, 3.05) is 5.75 Å². The standard InChI is InChI=1S/C19H12N4O3S2/c20-8-9-27-19-21-16-14-10-13(23(25)26)6-7-15(14)28-17(16)18(24)22(19)11-12-4-2-1-3-5-12/h1-7,10H,9,11H2. The van der Waals surface area contributed by atoms with E-state index in [0.717, 1.165) is 10.3 Å². The van der Waals surface area contributed by atoms with Crippen molar-refractivity contribution in [1.82, 2.24) is 9.55 Å². The molecule has 2 heterocycles. The van der Waals surface area contributed by atoms with Crippen LogP contribution in [0.1, 0.15) is 5.56 Å². The molecule has 0 fully saturated rings. The summed E-state index contributed by atoms with van der Waals surface area (Å²) in [5.74, 6) is 0.148. The Labute approximate surface area is 167 Å². The van der Waals surface area contributed by atoms with Crippen LogP contribution < -0.4 is 5.56 Å². The molecule has 0 N–H and O–H groups in total. The molecule has 28 heavy (non-hydrogen) atoms. The van der Waals surface area contributed by atoms with E-state index in [2.05, 4.69) is 11.1 Å². The van der Waals surface area contributed by atoms with E-state index in [1.54, 1.807) is 10.6 Å². The fraction of sp³-hybridized carbons (Fsp3) is 0.105. The van der Waals surface area contributed by atoms with Crippen LogP contribution in [-0.2, 0) is 6.54 Å². The maximum Gasteiger partial charge on any atom is 0.272 e. The van der Waals surface area contributed by atoms with Gasteiger partial charge in [-0.2, -0.15) is 5.26 Å². The molecule has 4 aromatic rings. The molecule has 0 aliphatic carbocycles. The van der Waals surface area contributed by atoms with Gasteiger partial charge in [0.05, 0.1) is 28.8 Å². The van der Waals surface area contributed by atoms with Gasteiger partial charge in [-0.1, -0.05) is 42.1 Å². The number of non-ortho nitro benzene ring substituents is 1. The van der Waals surface area contributed by atoms with Crippen molar-refractivity contribution in [3.63, 3.8) is 0 Å². The van der Waals surface area contributed by atoms with E-state index >= 15 is 0 Å². The number of thiophene rings is 1. The Hall–Kier alpha value is -3.22. The smallest absolute Gasteiger partial charge is 0.272 e. The van der Waals surface area contributed by atoms with Crippen LogP contribution in [0, 0.1) is 21.4 Å². The molecule has 0 atom stereocenters. The third-order valence-electron chi connectivity index (χ3n) is 4.18. The van der Waals surface area contributed by atoms with Crippen LogP contribution in [0.2, 0.25) is 0 Å². The Morgan fingerprint density at radius 1 is 1.25 bits per heavy atom.